The first-order valence-corrected chi connectivity index (χ1v) is 7.98. The number of unbranched alkanes of at least 4 members (excludes halogenated alkanes) is 2. The van der Waals surface area contributed by atoms with Crippen molar-refractivity contribution in [3.8, 4) is 0 Å². The van der Waals surface area contributed by atoms with Gasteiger partial charge in [0.1, 0.15) is 0 Å². The smallest absolute Gasteiger partial charge is 0.0901 e. The standard InChI is InChI=1S/C14H25BrN4/c1-16-8-10-18(12-16)7-5-3-4-6-14(15)19-11-9-17(2)13-19/h8-11,14H,3-7,12-13H2,1-2H3. The first-order chi connectivity index (χ1) is 9.15. The first-order valence-electron chi connectivity index (χ1n) is 7.06. The minimum Gasteiger partial charge on any atom is -0.362 e. The molecule has 0 bridgehead atoms. The molecule has 0 aromatic heterocycles. The molecule has 0 saturated heterocycles. The van der Waals surface area contributed by atoms with E-state index < -0.39 is 0 Å². The summed E-state index contributed by atoms with van der Waals surface area (Å²) in [5, 5.41) is 0. The van der Waals surface area contributed by atoms with E-state index in [1.807, 2.05) is 0 Å². The SMILES string of the molecule is CN1C=CN(CCCCCC(Br)N2C=CN(C)C2)C1. The molecule has 108 valence electrons. The lowest BCUT2D eigenvalue weighted by Gasteiger charge is -2.24. The molecule has 2 aliphatic rings. The van der Waals surface area contributed by atoms with E-state index in [0.717, 1.165) is 13.3 Å². The van der Waals surface area contributed by atoms with Crippen molar-refractivity contribution in [1.29, 1.82) is 0 Å². The van der Waals surface area contributed by atoms with Crippen LogP contribution < -0.4 is 0 Å². The Morgan fingerprint density at radius 1 is 0.947 bits per heavy atom. The van der Waals surface area contributed by atoms with Gasteiger partial charge in [0.05, 0.1) is 18.3 Å². The Bertz CT molecular complexity index is 331. The monoisotopic (exact) mass is 328 g/mol. The van der Waals surface area contributed by atoms with Crippen molar-refractivity contribution in [3.05, 3.63) is 24.8 Å². The zero-order valence-corrected chi connectivity index (χ0v) is 13.6. The Labute approximate surface area is 125 Å². The lowest BCUT2D eigenvalue weighted by atomic mass is 10.2. The molecular formula is C14H25BrN4. The Balaban J connectivity index is 1.50. The van der Waals surface area contributed by atoms with Gasteiger partial charge in [-0.1, -0.05) is 28.8 Å². The third-order valence-electron chi connectivity index (χ3n) is 3.58. The van der Waals surface area contributed by atoms with Gasteiger partial charge in [-0.25, -0.2) is 0 Å². The fourth-order valence-corrected chi connectivity index (χ4v) is 3.03. The number of hydrogen-bond donors (Lipinski definition) is 0. The summed E-state index contributed by atoms with van der Waals surface area (Å²) in [5.74, 6) is 0. The number of hydrogen-bond acceptors (Lipinski definition) is 4. The van der Waals surface area contributed by atoms with Gasteiger partial charge in [-0.3, -0.25) is 0 Å². The number of halogens is 1. The second-order valence-electron chi connectivity index (χ2n) is 5.50. The summed E-state index contributed by atoms with van der Waals surface area (Å²) in [6.45, 7) is 3.23. The summed E-state index contributed by atoms with van der Waals surface area (Å²) in [5.41, 5.74) is 0. The van der Waals surface area contributed by atoms with Gasteiger partial charge in [0, 0.05) is 45.4 Å². The molecule has 0 N–H and O–H groups in total. The fraction of sp³-hybridized carbons (Fsp3) is 0.714. The van der Waals surface area contributed by atoms with Crippen molar-refractivity contribution in [2.24, 2.45) is 0 Å². The van der Waals surface area contributed by atoms with Crippen molar-refractivity contribution < 1.29 is 0 Å². The van der Waals surface area contributed by atoms with Crippen molar-refractivity contribution in [2.45, 2.75) is 30.6 Å². The molecule has 0 aliphatic carbocycles. The molecular weight excluding hydrogens is 304 g/mol. The van der Waals surface area contributed by atoms with Gasteiger partial charge in [-0.2, -0.15) is 0 Å². The molecule has 1 unspecified atom stereocenters. The average molecular weight is 329 g/mol. The predicted octanol–water partition coefficient (Wildman–Crippen LogP) is 2.62. The Hall–Kier alpha value is -0.840. The van der Waals surface area contributed by atoms with Crippen LogP contribution in [0.4, 0.5) is 0 Å². The van der Waals surface area contributed by atoms with E-state index in [4.69, 9.17) is 0 Å². The van der Waals surface area contributed by atoms with E-state index in [1.54, 1.807) is 0 Å². The van der Waals surface area contributed by atoms with Gasteiger partial charge in [0.15, 0.2) is 0 Å². The normalized spacial score (nSPS) is 19.9. The second-order valence-corrected chi connectivity index (χ2v) is 6.56. The quantitative estimate of drug-likeness (QED) is 0.404. The molecule has 2 heterocycles. The minimum absolute atomic E-state index is 0.478. The highest BCUT2D eigenvalue weighted by molar-refractivity contribution is 9.09. The largest absolute Gasteiger partial charge is 0.362 e. The van der Waals surface area contributed by atoms with E-state index >= 15 is 0 Å². The average Bonchev–Trinajstić information content (AvgIpc) is 2.98. The maximum Gasteiger partial charge on any atom is 0.0901 e. The molecule has 0 aromatic carbocycles. The summed E-state index contributed by atoms with van der Waals surface area (Å²) < 4.78 is 0. The maximum atomic E-state index is 3.78. The topological polar surface area (TPSA) is 13.0 Å². The third-order valence-corrected chi connectivity index (χ3v) is 4.57. The molecule has 1 atom stereocenters. The lowest BCUT2D eigenvalue weighted by Crippen LogP contribution is -2.28. The van der Waals surface area contributed by atoms with Crippen molar-refractivity contribution in [2.75, 3.05) is 34.0 Å². The van der Waals surface area contributed by atoms with Gasteiger partial charge in [0.25, 0.3) is 0 Å². The van der Waals surface area contributed by atoms with Crippen LogP contribution >= 0.6 is 15.9 Å². The summed E-state index contributed by atoms with van der Waals surface area (Å²) in [4.78, 5) is 9.61. The molecule has 2 aliphatic heterocycles. The third kappa shape index (κ3) is 4.64. The van der Waals surface area contributed by atoms with Crippen molar-refractivity contribution >= 4 is 15.9 Å². The Morgan fingerprint density at radius 2 is 1.68 bits per heavy atom. The van der Waals surface area contributed by atoms with Gasteiger partial charge in [0.2, 0.25) is 0 Å². The highest BCUT2D eigenvalue weighted by Crippen LogP contribution is 2.19. The van der Waals surface area contributed by atoms with Gasteiger partial charge in [-0.15, -0.1) is 0 Å². The molecule has 0 saturated carbocycles. The molecule has 0 fully saturated rings. The molecule has 0 radical (unpaired) electrons. The van der Waals surface area contributed by atoms with Gasteiger partial charge < -0.3 is 19.6 Å². The van der Waals surface area contributed by atoms with E-state index in [9.17, 15) is 0 Å². The van der Waals surface area contributed by atoms with E-state index in [2.05, 4.69) is 74.4 Å². The number of rotatable bonds is 7. The molecule has 0 amide bonds. The Morgan fingerprint density at radius 3 is 2.32 bits per heavy atom. The van der Waals surface area contributed by atoms with E-state index in [0.29, 0.717) is 4.95 Å². The van der Waals surface area contributed by atoms with Gasteiger partial charge >= 0.3 is 0 Å². The number of alkyl halides is 1. The van der Waals surface area contributed by atoms with Gasteiger partial charge in [-0.05, 0) is 12.8 Å². The zero-order valence-electron chi connectivity index (χ0n) is 12.0. The summed E-state index contributed by atoms with van der Waals surface area (Å²) in [6, 6.07) is 0. The molecule has 0 aromatic rings. The van der Waals surface area contributed by atoms with Crippen LogP contribution in [0, 0.1) is 0 Å². The lowest BCUT2D eigenvalue weighted by molar-refractivity contribution is 0.271. The molecule has 19 heavy (non-hydrogen) atoms. The fourth-order valence-electron chi connectivity index (χ4n) is 2.44. The maximum absolute atomic E-state index is 3.78. The first kappa shape index (κ1) is 14.6. The highest BCUT2D eigenvalue weighted by Gasteiger charge is 2.16. The van der Waals surface area contributed by atoms with Crippen LogP contribution in [0.3, 0.4) is 0 Å². The summed E-state index contributed by atoms with van der Waals surface area (Å²) in [7, 11) is 4.23. The van der Waals surface area contributed by atoms with Crippen LogP contribution in [0.5, 0.6) is 0 Å². The second kappa shape index (κ2) is 7.08. The molecule has 0 spiro atoms. The van der Waals surface area contributed by atoms with Crippen LogP contribution in [0.2, 0.25) is 0 Å². The molecule has 2 rings (SSSR count). The Kier molecular flexibility index (Phi) is 5.43. The van der Waals surface area contributed by atoms with Crippen LogP contribution in [0.25, 0.3) is 0 Å². The van der Waals surface area contributed by atoms with Crippen LogP contribution in [-0.2, 0) is 0 Å². The van der Waals surface area contributed by atoms with E-state index in [-0.39, 0.29) is 0 Å². The predicted molar refractivity (Wildman–Crippen MR) is 83.3 cm³/mol. The van der Waals surface area contributed by atoms with E-state index in [1.165, 1.54) is 32.2 Å². The van der Waals surface area contributed by atoms with Crippen molar-refractivity contribution in [3.63, 3.8) is 0 Å². The summed E-state index contributed by atoms with van der Waals surface area (Å²) in [6.07, 6.45) is 13.7. The van der Waals surface area contributed by atoms with Crippen LogP contribution in [0.1, 0.15) is 25.7 Å². The summed E-state index contributed by atoms with van der Waals surface area (Å²) >= 11 is 3.78. The highest BCUT2D eigenvalue weighted by atomic mass is 79.9. The van der Waals surface area contributed by atoms with Crippen molar-refractivity contribution in [1.82, 2.24) is 19.6 Å². The minimum atomic E-state index is 0.478. The molecule has 5 heteroatoms. The van der Waals surface area contributed by atoms with Crippen LogP contribution in [-0.4, -0.2) is 58.5 Å². The zero-order chi connectivity index (χ0) is 13.7. The number of nitrogens with zero attached hydrogens (tertiary/aromatic N) is 4. The van der Waals surface area contributed by atoms with Crippen LogP contribution in [0.15, 0.2) is 24.8 Å². The molecule has 4 nitrogen and oxygen atoms in total.